The molecule has 0 saturated carbocycles. The van der Waals surface area contributed by atoms with E-state index in [0.29, 0.717) is 12.5 Å². The monoisotopic (exact) mass is 213 g/mol. The highest BCUT2D eigenvalue weighted by molar-refractivity contribution is 7.80. The van der Waals surface area contributed by atoms with E-state index in [9.17, 15) is 0 Å². The summed E-state index contributed by atoms with van der Waals surface area (Å²) in [4.78, 5) is 11.1. The van der Waals surface area contributed by atoms with E-state index in [4.69, 9.17) is 5.73 Å². The minimum absolute atomic E-state index is 0.0923. The molecule has 78 valence electrons. The highest BCUT2D eigenvalue weighted by atomic mass is 32.1. The number of aliphatic imine (C=N–C) groups is 1. The Hall–Kier alpha value is -1.17. The molecule has 0 amide bonds. The number of guanidine groups is 1. The van der Waals surface area contributed by atoms with Crippen LogP contribution in [0.5, 0.6) is 0 Å². The Morgan fingerprint density at radius 1 is 1.86 bits per heavy atom. The van der Waals surface area contributed by atoms with Gasteiger partial charge in [-0.2, -0.15) is 12.6 Å². The number of rotatable bonds is 3. The molecule has 0 radical (unpaired) electrons. The average Bonchev–Trinajstić information content (AvgIpc) is 2.46. The SMILES string of the molecule is Cc1nc[nH]c1CN/C(N)=N/C(C)S. The van der Waals surface area contributed by atoms with Gasteiger partial charge in [-0.3, -0.25) is 0 Å². The molecule has 14 heavy (non-hydrogen) atoms. The van der Waals surface area contributed by atoms with E-state index >= 15 is 0 Å². The van der Waals surface area contributed by atoms with E-state index in [0.717, 1.165) is 11.4 Å². The largest absolute Gasteiger partial charge is 0.370 e. The van der Waals surface area contributed by atoms with Crippen LogP contribution in [-0.4, -0.2) is 21.3 Å². The number of H-pyrrole nitrogens is 1. The zero-order chi connectivity index (χ0) is 10.6. The first kappa shape index (κ1) is 10.9. The summed E-state index contributed by atoms with van der Waals surface area (Å²) < 4.78 is 0. The first-order chi connectivity index (χ1) is 6.59. The van der Waals surface area contributed by atoms with Gasteiger partial charge in [-0.15, -0.1) is 0 Å². The van der Waals surface area contributed by atoms with E-state index in [1.54, 1.807) is 6.33 Å². The predicted octanol–water partition coefficient (Wildman–Crippen LogP) is 0.398. The number of nitrogens with zero attached hydrogens (tertiary/aromatic N) is 2. The van der Waals surface area contributed by atoms with E-state index in [-0.39, 0.29) is 5.37 Å². The molecule has 4 N–H and O–H groups in total. The molecule has 6 heteroatoms. The number of thiol groups is 1. The van der Waals surface area contributed by atoms with Crippen LogP contribution in [0, 0.1) is 6.92 Å². The summed E-state index contributed by atoms with van der Waals surface area (Å²) in [6.45, 7) is 4.38. The molecule has 0 fully saturated rings. The van der Waals surface area contributed by atoms with E-state index in [1.807, 2.05) is 13.8 Å². The van der Waals surface area contributed by atoms with Crippen molar-refractivity contribution in [3.8, 4) is 0 Å². The van der Waals surface area contributed by atoms with Crippen molar-refractivity contribution in [1.29, 1.82) is 0 Å². The minimum atomic E-state index is -0.0923. The fourth-order valence-electron chi connectivity index (χ4n) is 0.994. The highest BCUT2D eigenvalue weighted by Gasteiger charge is 2.00. The third kappa shape index (κ3) is 3.29. The second-order valence-corrected chi connectivity index (χ2v) is 3.71. The molecule has 1 rings (SSSR count). The molecular formula is C8H15N5S. The fourth-order valence-corrected chi connectivity index (χ4v) is 1.12. The maximum atomic E-state index is 5.60. The van der Waals surface area contributed by atoms with Gasteiger partial charge in [0.2, 0.25) is 0 Å². The van der Waals surface area contributed by atoms with Crippen LogP contribution < -0.4 is 11.1 Å². The van der Waals surface area contributed by atoms with Crippen molar-refractivity contribution in [1.82, 2.24) is 15.3 Å². The third-order valence-corrected chi connectivity index (χ3v) is 1.82. The summed E-state index contributed by atoms with van der Waals surface area (Å²) >= 11 is 4.10. The van der Waals surface area contributed by atoms with Gasteiger partial charge < -0.3 is 16.0 Å². The van der Waals surface area contributed by atoms with Crippen molar-refractivity contribution in [3.05, 3.63) is 17.7 Å². The number of hydrogen-bond acceptors (Lipinski definition) is 3. The molecule has 0 spiro atoms. The van der Waals surface area contributed by atoms with E-state index < -0.39 is 0 Å². The molecule has 1 atom stereocenters. The van der Waals surface area contributed by atoms with Crippen LogP contribution in [0.2, 0.25) is 0 Å². The minimum Gasteiger partial charge on any atom is -0.370 e. The Morgan fingerprint density at radius 2 is 2.57 bits per heavy atom. The molecule has 0 aromatic carbocycles. The van der Waals surface area contributed by atoms with Crippen LogP contribution in [0.25, 0.3) is 0 Å². The van der Waals surface area contributed by atoms with Crippen molar-refractivity contribution >= 4 is 18.6 Å². The van der Waals surface area contributed by atoms with Crippen LogP contribution in [-0.2, 0) is 6.54 Å². The first-order valence-corrected chi connectivity index (χ1v) is 4.85. The summed E-state index contributed by atoms with van der Waals surface area (Å²) in [6, 6.07) is 0. The van der Waals surface area contributed by atoms with Crippen LogP contribution in [0.1, 0.15) is 18.3 Å². The number of aromatic amines is 1. The van der Waals surface area contributed by atoms with Gasteiger partial charge in [0.05, 0.1) is 29.6 Å². The van der Waals surface area contributed by atoms with Crippen LogP contribution in [0.4, 0.5) is 0 Å². The zero-order valence-electron chi connectivity index (χ0n) is 8.28. The van der Waals surface area contributed by atoms with Crippen molar-refractivity contribution < 1.29 is 0 Å². The number of hydrogen-bond donors (Lipinski definition) is 4. The highest BCUT2D eigenvalue weighted by Crippen LogP contribution is 1.99. The Kier molecular flexibility index (Phi) is 3.82. The molecule has 0 aliphatic heterocycles. The fraction of sp³-hybridized carbons (Fsp3) is 0.500. The van der Waals surface area contributed by atoms with Gasteiger partial charge in [0, 0.05) is 0 Å². The van der Waals surface area contributed by atoms with Gasteiger partial charge in [-0.1, -0.05) is 0 Å². The van der Waals surface area contributed by atoms with Crippen LogP contribution in [0.3, 0.4) is 0 Å². The van der Waals surface area contributed by atoms with Crippen LogP contribution >= 0.6 is 12.6 Å². The maximum Gasteiger partial charge on any atom is 0.190 e. The summed E-state index contributed by atoms with van der Waals surface area (Å²) in [5, 5.41) is 2.87. The second kappa shape index (κ2) is 4.90. The number of imidazole rings is 1. The molecule has 0 bridgehead atoms. The normalized spacial score (nSPS) is 14.1. The summed E-state index contributed by atoms with van der Waals surface area (Å²) in [5.74, 6) is 0.390. The summed E-state index contributed by atoms with van der Waals surface area (Å²) in [6.07, 6.45) is 1.65. The molecule has 1 heterocycles. The molecule has 0 saturated heterocycles. The van der Waals surface area contributed by atoms with Gasteiger partial charge in [0.15, 0.2) is 5.96 Å². The van der Waals surface area contributed by atoms with Gasteiger partial charge in [-0.05, 0) is 13.8 Å². The Bertz CT molecular complexity index is 317. The van der Waals surface area contributed by atoms with Gasteiger partial charge in [0.25, 0.3) is 0 Å². The number of nitrogens with two attached hydrogens (primary N) is 1. The Balaban J connectivity index is 2.45. The molecule has 0 aliphatic rings. The second-order valence-electron chi connectivity index (χ2n) is 2.97. The van der Waals surface area contributed by atoms with E-state index in [1.165, 1.54) is 0 Å². The Morgan fingerprint density at radius 3 is 3.07 bits per heavy atom. The number of aromatic nitrogens is 2. The molecule has 1 unspecified atom stereocenters. The zero-order valence-corrected chi connectivity index (χ0v) is 9.18. The number of nitrogens with one attached hydrogen (secondary N) is 2. The molecule has 1 aromatic rings. The van der Waals surface area contributed by atoms with Crippen molar-refractivity contribution in [2.75, 3.05) is 0 Å². The summed E-state index contributed by atoms with van der Waals surface area (Å²) in [7, 11) is 0. The lowest BCUT2D eigenvalue weighted by Gasteiger charge is -2.05. The topological polar surface area (TPSA) is 79.1 Å². The lowest BCUT2D eigenvalue weighted by Crippen LogP contribution is -2.32. The van der Waals surface area contributed by atoms with Gasteiger partial charge >= 0.3 is 0 Å². The van der Waals surface area contributed by atoms with Gasteiger partial charge in [0.1, 0.15) is 0 Å². The van der Waals surface area contributed by atoms with Crippen LogP contribution in [0.15, 0.2) is 11.3 Å². The maximum absolute atomic E-state index is 5.60. The third-order valence-electron chi connectivity index (χ3n) is 1.71. The average molecular weight is 213 g/mol. The van der Waals surface area contributed by atoms with E-state index in [2.05, 4.69) is 32.9 Å². The standard InChI is InChI=1S/C8H15N5S/c1-5-7(12-4-11-5)3-10-8(9)13-6(2)14/h4,6,14H,3H2,1-2H3,(H,11,12)(H3,9,10,13). The van der Waals surface area contributed by atoms with Crippen molar-refractivity contribution in [2.45, 2.75) is 25.8 Å². The summed E-state index contributed by atoms with van der Waals surface area (Å²) in [5.41, 5.74) is 7.57. The van der Waals surface area contributed by atoms with Crippen molar-refractivity contribution in [3.63, 3.8) is 0 Å². The molecule has 5 nitrogen and oxygen atoms in total. The molecular weight excluding hydrogens is 198 g/mol. The predicted molar refractivity (Wildman–Crippen MR) is 60.2 cm³/mol. The number of aryl methyl sites for hydroxylation is 1. The lowest BCUT2D eigenvalue weighted by atomic mass is 10.3. The quantitative estimate of drug-likeness (QED) is 0.333. The first-order valence-electron chi connectivity index (χ1n) is 4.33. The lowest BCUT2D eigenvalue weighted by molar-refractivity contribution is 0.852. The Labute approximate surface area is 88.6 Å². The van der Waals surface area contributed by atoms with Crippen molar-refractivity contribution in [2.24, 2.45) is 10.7 Å². The molecule has 1 aromatic heterocycles. The smallest absolute Gasteiger partial charge is 0.190 e. The molecule has 0 aliphatic carbocycles. The van der Waals surface area contributed by atoms with Gasteiger partial charge in [-0.25, -0.2) is 9.98 Å².